The first kappa shape index (κ1) is 17.5. The summed E-state index contributed by atoms with van der Waals surface area (Å²) in [4.78, 5) is 0. The highest BCUT2D eigenvalue weighted by atomic mass is 79.9. The molecule has 0 aliphatic carbocycles. The number of hydrogen-bond donors (Lipinski definition) is 1. The summed E-state index contributed by atoms with van der Waals surface area (Å²) < 4.78 is 6.72. The third kappa shape index (κ3) is 4.78. The number of rotatable bonds is 5. The highest BCUT2D eigenvalue weighted by Gasteiger charge is 2.25. The molecule has 114 valence electrons. The van der Waals surface area contributed by atoms with Crippen LogP contribution in [0.25, 0.3) is 0 Å². The van der Waals surface area contributed by atoms with Crippen LogP contribution in [0.1, 0.15) is 52.2 Å². The van der Waals surface area contributed by atoms with Gasteiger partial charge in [0.05, 0.1) is 7.11 Å². The van der Waals surface area contributed by atoms with Crippen molar-refractivity contribution in [1.29, 1.82) is 0 Å². The molecule has 1 rings (SSSR count). The van der Waals surface area contributed by atoms with E-state index in [0.29, 0.717) is 0 Å². The fourth-order valence-corrected chi connectivity index (χ4v) is 2.58. The van der Waals surface area contributed by atoms with Crippen LogP contribution in [0.2, 0.25) is 0 Å². The second kappa shape index (κ2) is 6.48. The number of aryl methyl sites for hydroxylation is 1. The molecule has 20 heavy (non-hydrogen) atoms. The summed E-state index contributed by atoms with van der Waals surface area (Å²) in [5, 5.41) is 3.56. The summed E-state index contributed by atoms with van der Waals surface area (Å²) in [6, 6.07) is 4.31. The normalized spacial score (nSPS) is 12.6. The van der Waals surface area contributed by atoms with Crippen LogP contribution >= 0.6 is 15.9 Å². The molecule has 0 saturated heterocycles. The molecular weight excluding hydrogens is 314 g/mol. The van der Waals surface area contributed by atoms with Crippen molar-refractivity contribution in [3.8, 4) is 5.75 Å². The van der Waals surface area contributed by atoms with E-state index in [9.17, 15) is 0 Å². The molecule has 0 bridgehead atoms. The van der Waals surface area contributed by atoms with Crippen molar-refractivity contribution in [3.05, 3.63) is 27.7 Å². The standard InChI is InChI=1S/C17H28BrNO/c1-12-10-15(20-7)13(11-14(12)18)17(5,6)8-9-19-16(2,3)4/h10-11,19H,8-9H2,1-7H3. The predicted molar refractivity (Wildman–Crippen MR) is 90.8 cm³/mol. The van der Waals surface area contributed by atoms with Crippen molar-refractivity contribution in [3.63, 3.8) is 0 Å². The molecule has 0 amide bonds. The molecule has 1 aromatic rings. The lowest BCUT2D eigenvalue weighted by Crippen LogP contribution is -2.38. The van der Waals surface area contributed by atoms with Crippen LogP contribution < -0.4 is 10.1 Å². The van der Waals surface area contributed by atoms with E-state index in [1.54, 1.807) is 7.11 Å². The molecule has 0 aliphatic rings. The Balaban J connectivity index is 2.94. The monoisotopic (exact) mass is 341 g/mol. The number of hydrogen-bond acceptors (Lipinski definition) is 2. The zero-order valence-electron chi connectivity index (χ0n) is 13.9. The highest BCUT2D eigenvalue weighted by molar-refractivity contribution is 9.10. The first-order valence-electron chi connectivity index (χ1n) is 7.16. The van der Waals surface area contributed by atoms with Crippen LogP contribution in [-0.4, -0.2) is 19.2 Å². The lowest BCUT2D eigenvalue weighted by molar-refractivity contribution is 0.360. The zero-order valence-corrected chi connectivity index (χ0v) is 15.4. The van der Waals surface area contributed by atoms with Gasteiger partial charge in [0.15, 0.2) is 0 Å². The Morgan fingerprint density at radius 2 is 1.75 bits per heavy atom. The maximum Gasteiger partial charge on any atom is 0.122 e. The Hall–Kier alpha value is -0.540. The quantitative estimate of drug-likeness (QED) is 0.828. The van der Waals surface area contributed by atoms with Crippen molar-refractivity contribution in [2.75, 3.05) is 13.7 Å². The Labute approximate surface area is 132 Å². The molecule has 1 aromatic carbocycles. The maximum absolute atomic E-state index is 5.57. The summed E-state index contributed by atoms with van der Waals surface area (Å²) in [5.74, 6) is 0.978. The molecule has 0 spiro atoms. The SMILES string of the molecule is COc1cc(C)c(Br)cc1C(C)(C)CCNC(C)(C)C. The minimum atomic E-state index is 0.0693. The molecule has 0 aromatic heterocycles. The number of halogens is 1. The maximum atomic E-state index is 5.57. The molecule has 0 aliphatic heterocycles. The van der Waals surface area contributed by atoms with Crippen LogP contribution in [0.3, 0.4) is 0 Å². The predicted octanol–water partition coefficient (Wildman–Crippen LogP) is 4.82. The van der Waals surface area contributed by atoms with E-state index in [2.05, 4.69) is 74.9 Å². The molecule has 0 fully saturated rings. The fraction of sp³-hybridized carbons (Fsp3) is 0.647. The largest absolute Gasteiger partial charge is 0.496 e. The Kier molecular flexibility index (Phi) is 5.68. The molecule has 0 atom stereocenters. The summed E-state index contributed by atoms with van der Waals surface area (Å²) >= 11 is 3.63. The Morgan fingerprint density at radius 1 is 1.15 bits per heavy atom. The minimum Gasteiger partial charge on any atom is -0.496 e. The molecule has 0 radical (unpaired) electrons. The average molecular weight is 342 g/mol. The fourth-order valence-electron chi connectivity index (χ4n) is 2.24. The van der Waals surface area contributed by atoms with E-state index in [0.717, 1.165) is 23.2 Å². The van der Waals surface area contributed by atoms with Gasteiger partial charge in [-0.3, -0.25) is 0 Å². The van der Waals surface area contributed by atoms with Crippen molar-refractivity contribution >= 4 is 15.9 Å². The van der Waals surface area contributed by atoms with Crippen LogP contribution in [0.4, 0.5) is 0 Å². The lowest BCUT2D eigenvalue weighted by Gasteiger charge is -2.30. The van der Waals surface area contributed by atoms with E-state index < -0.39 is 0 Å². The first-order chi connectivity index (χ1) is 9.07. The molecular formula is C17H28BrNO. The van der Waals surface area contributed by atoms with E-state index in [1.165, 1.54) is 11.1 Å². The number of nitrogens with one attached hydrogen (secondary N) is 1. The summed E-state index contributed by atoms with van der Waals surface area (Å²) in [6.45, 7) is 14.2. The van der Waals surface area contributed by atoms with Crippen molar-refractivity contribution < 1.29 is 4.74 Å². The van der Waals surface area contributed by atoms with E-state index in [-0.39, 0.29) is 11.0 Å². The van der Waals surface area contributed by atoms with Crippen molar-refractivity contribution in [2.45, 2.75) is 58.9 Å². The molecule has 0 saturated carbocycles. The first-order valence-corrected chi connectivity index (χ1v) is 7.96. The third-order valence-corrected chi connectivity index (χ3v) is 4.47. The van der Waals surface area contributed by atoms with Crippen LogP contribution in [-0.2, 0) is 5.41 Å². The van der Waals surface area contributed by atoms with Gasteiger partial charge in [-0.2, -0.15) is 0 Å². The van der Waals surface area contributed by atoms with E-state index in [1.807, 2.05) is 0 Å². The second-order valence-electron chi connectivity index (χ2n) is 7.11. The summed E-state index contributed by atoms with van der Waals surface area (Å²) in [6.07, 6.45) is 1.07. The average Bonchev–Trinajstić information content (AvgIpc) is 2.29. The zero-order chi connectivity index (χ0) is 15.6. The topological polar surface area (TPSA) is 21.3 Å². The van der Waals surface area contributed by atoms with Gasteiger partial charge >= 0.3 is 0 Å². The molecule has 3 heteroatoms. The smallest absolute Gasteiger partial charge is 0.122 e. The molecule has 2 nitrogen and oxygen atoms in total. The van der Waals surface area contributed by atoms with Gasteiger partial charge in [0.2, 0.25) is 0 Å². The van der Waals surface area contributed by atoms with Gasteiger partial charge in [-0.15, -0.1) is 0 Å². The van der Waals surface area contributed by atoms with Crippen LogP contribution in [0.15, 0.2) is 16.6 Å². The highest BCUT2D eigenvalue weighted by Crippen LogP contribution is 2.37. The van der Waals surface area contributed by atoms with Crippen LogP contribution in [0, 0.1) is 6.92 Å². The summed E-state index contributed by atoms with van der Waals surface area (Å²) in [7, 11) is 1.75. The van der Waals surface area contributed by atoms with Gasteiger partial charge in [0.25, 0.3) is 0 Å². The molecule has 0 heterocycles. The van der Waals surface area contributed by atoms with E-state index in [4.69, 9.17) is 4.74 Å². The second-order valence-corrected chi connectivity index (χ2v) is 7.97. The van der Waals surface area contributed by atoms with E-state index >= 15 is 0 Å². The Bertz CT molecular complexity index is 461. The van der Waals surface area contributed by atoms with Gasteiger partial charge in [-0.25, -0.2) is 0 Å². The van der Waals surface area contributed by atoms with Gasteiger partial charge < -0.3 is 10.1 Å². The number of methoxy groups -OCH3 is 1. The summed E-state index contributed by atoms with van der Waals surface area (Å²) in [5.41, 5.74) is 2.69. The van der Waals surface area contributed by atoms with Gasteiger partial charge in [-0.05, 0) is 63.8 Å². The third-order valence-electron chi connectivity index (χ3n) is 3.62. The molecule has 1 N–H and O–H groups in total. The lowest BCUT2D eigenvalue weighted by atomic mass is 9.80. The van der Waals surface area contributed by atoms with Gasteiger partial charge in [0, 0.05) is 15.6 Å². The van der Waals surface area contributed by atoms with Gasteiger partial charge in [-0.1, -0.05) is 29.8 Å². The number of ether oxygens (including phenoxy) is 1. The van der Waals surface area contributed by atoms with Crippen molar-refractivity contribution in [2.24, 2.45) is 0 Å². The Morgan fingerprint density at radius 3 is 2.25 bits per heavy atom. The minimum absolute atomic E-state index is 0.0693. The van der Waals surface area contributed by atoms with Crippen molar-refractivity contribution in [1.82, 2.24) is 5.32 Å². The number of benzene rings is 1. The van der Waals surface area contributed by atoms with Crippen LogP contribution in [0.5, 0.6) is 5.75 Å². The van der Waals surface area contributed by atoms with Gasteiger partial charge in [0.1, 0.15) is 5.75 Å². The molecule has 0 unspecified atom stereocenters.